The molecular weight excluding hydrogens is 315 g/mol. The van der Waals surface area contributed by atoms with Crippen LogP contribution in [0.1, 0.15) is 35.3 Å². The van der Waals surface area contributed by atoms with Crippen molar-refractivity contribution in [1.29, 1.82) is 0 Å². The van der Waals surface area contributed by atoms with E-state index in [9.17, 15) is 9.18 Å². The Labute approximate surface area is 141 Å². The number of hydrogen-bond acceptors (Lipinski definition) is 2. The van der Waals surface area contributed by atoms with Crippen LogP contribution >= 0.6 is 12.4 Å². The first-order valence-corrected chi connectivity index (χ1v) is 7.46. The molecule has 2 unspecified atom stereocenters. The highest BCUT2D eigenvalue weighted by molar-refractivity contribution is 5.95. The maximum absolute atomic E-state index is 13.5. The largest absolute Gasteiger partial charge is 0.399 e. The van der Waals surface area contributed by atoms with E-state index in [0.29, 0.717) is 23.7 Å². The summed E-state index contributed by atoms with van der Waals surface area (Å²) in [7, 11) is 0. The Hall–Kier alpha value is -2.07. The van der Waals surface area contributed by atoms with Gasteiger partial charge in [0.15, 0.2) is 0 Å². The predicted octanol–water partition coefficient (Wildman–Crippen LogP) is 4.05. The molecule has 1 aliphatic heterocycles. The van der Waals surface area contributed by atoms with Gasteiger partial charge in [0, 0.05) is 17.8 Å². The molecule has 122 valence electrons. The van der Waals surface area contributed by atoms with Gasteiger partial charge in [-0.25, -0.2) is 4.39 Å². The number of nitrogens with zero attached hydrogens (tertiary/aromatic N) is 1. The molecule has 0 saturated carbocycles. The highest BCUT2D eigenvalue weighted by atomic mass is 35.5. The summed E-state index contributed by atoms with van der Waals surface area (Å²) in [5, 5.41) is 0. The van der Waals surface area contributed by atoms with Crippen molar-refractivity contribution in [2.45, 2.75) is 19.4 Å². The number of carbonyl (C=O) groups is 1. The van der Waals surface area contributed by atoms with Gasteiger partial charge in [0.05, 0.1) is 6.04 Å². The van der Waals surface area contributed by atoms with Crippen LogP contribution in [-0.4, -0.2) is 17.4 Å². The molecule has 23 heavy (non-hydrogen) atoms. The van der Waals surface area contributed by atoms with Crippen molar-refractivity contribution in [2.75, 3.05) is 12.3 Å². The van der Waals surface area contributed by atoms with Gasteiger partial charge in [-0.15, -0.1) is 12.4 Å². The van der Waals surface area contributed by atoms with Gasteiger partial charge in [0.25, 0.3) is 5.91 Å². The number of rotatable bonds is 2. The fourth-order valence-electron chi connectivity index (χ4n) is 3.14. The second-order valence-electron chi connectivity index (χ2n) is 5.99. The summed E-state index contributed by atoms with van der Waals surface area (Å²) < 4.78 is 13.5. The number of nitrogens with two attached hydrogens (primary N) is 1. The van der Waals surface area contributed by atoms with Gasteiger partial charge < -0.3 is 10.6 Å². The molecule has 3 rings (SSSR count). The average Bonchev–Trinajstić information content (AvgIpc) is 2.88. The Morgan fingerprint density at radius 2 is 1.96 bits per heavy atom. The van der Waals surface area contributed by atoms with E-state index in [4.69, 9.17) is 5.73 Å². The minimum atomic E-state index is -0.270. The maximum atomic E-state index is 13.5. The lowest BCUT2D eigenvalue weighted by atomic mass is 10.0. The van der Waals surface area contributed by atoms with E-state index in [0.717, 1.165) is 12.0 Å². The van der Waals surface area contributed by atoms with Crippen molar-refractivity contribution in [3.8, 4) is 0 Å². The van der Waals surface area contributed by atoms with Gasteiger partial charge in [-0.05, 0) is 48.2 Å². The van der Waals surface area contributed by atoms with E-state index in [-0.39, 0.29) is 30.2 Å². The number of carbonyl (C=O) groups excluding carboxylic acids is 1. The SMILES string of the molecule is CC1CC(c2cccc(F)c2)N(C(=O)c2cccc(N)c2)C1.Cl. The summed E-state index contributed by atoms with van der Waals surface area (Å²) in [5.74, 6) is 0.0672. The molecule has 1 saturated heterocycles. The van der Waals surface area contributed by atoms with Crippen LogP contribution in [0.5, 0.6) is 0 Å². The van der Waals surface area contributed by atoms with Crippen LogP contribution < -0.4 is 5.73 Å². The molecule has 1 amide bonds. The average molecular weight is 335 g/mol. The van der Waals surface area contributed by atoms with Crippen LogP contribution in [0.3, 0.4) is 0 Å². The first-order valence-electron chi connectivity index (χ1n) is 7.46. The second-order valence-corrected chi connectivity index (χ2v) is 5.99. The number of benzene rings is 2. The van der Waals surface area contributed by atoms with Crippen molar-refractivity contribution in [3.63, 3.8) is 0 Å². The Kier molecular flexibility index (Phi) is 5.26. The van der Waals surface area contributed by atoms with Crippen molar-refractivity contribution in [1.82, 2.24) is 4.90 Å². The Balaban J connectivity index is 0.00000192. The molecule has 5 heteroatoms. The van der Waals surface area contributed by atoms with E-state index in [1.54, 1.807) is 30.3 Å². The monoisotopic (exact) mass is 334 g/mol. The quantitative estimate of drug-likeness (QED) is 0.842. The molecule has 2 aromatic carbocycles. The zero-order valence-electron chi connectivity index (χ0n) is 12.9. The summed E-state index contributed by atoms with van der Waals surface area (Å²) in [6.07, 6.45) is 0.845. The standard InChI is InChI=1S/C18H19FN2O.ClH/c1-12-8-17(13-4-2-6-15(19)9-13)21(11-12)18(22)14-5-3-7-16(20)10-14;/h2-7,9-10,12,17H,8,11,20H2,1H3;1H. The van der Waals surface area contributed by atoms with E-state index in [1.165, 1.54) is 12.1 Å². The van der Waals surface area contributed by atoms with Crippen molar-refractivity contribution in [2.24, 2.45) is 5.92 Å². The number of nitrogen functional groups attached to an aromatic ring is 1. The lowest BCUT2D eigenvalue weighted by molar-refractivity contribution is 0.0732. The molecular formula is C18H20ClFN2O. The highest BCUT2D eigenvalue weighted by Gasteiger charge is 2.34. The number of anilines is 1. The van der Waals surface area contributed by atoms with E-state index < -0.39 is 0 Å². The maximum Gasteiger partial charge on any atom is 0.254 e. The molecule has 0 radical (unpaired) electrons. The minimum absolute atomic E-state index is 0. The summed E-state index contributed by atoms with van der Waals surface area (Å²) in [5.41, 5.74) is 7.77. The Bertz CT molecular complexity index is 707. The third-order valence-corrected chi connectivity index (χ3v) is 4.14. The summed E-state index contributed by atoms with van der Waals surface area (Å²) in [4.78, 5) is 14.6. The first-order chi connectivity index (χ1) is 10.5. The van der Waals surface area contributed by atoms with E-state index in [2.05, 4.69) is 6.92 Å². The molecule has 0 bridgehead atoms. The third kappa shape index (κ3) is 3.64. The molecule has 1 fully saturated rings. The van der Waals surface area contributed by atoms with Crippen LogP contribution in [-0.2, 0) is 0 Å². The van der Waals surface area contributed by atoms with Crippen molar-refractivity contribution >= 4 is 24.0 Å². The number of halogens is 2. The molecule has 0 aliphatic carbocycles. The fraction of sp³-hybridized carbons (Fsp3) is 0.278. The topological polar surface area (TPSA) is 46.3 Å². The lowest BCUT2D eigenvalue weighted by Gasteiger charge is -2.25. The van der Waals surface area contributed by atoms with Crippen LogP contribution in [0, 0.1) is 11.7 Å². The number of likely N-dealkylation sites (tertiary alicyclic amines) is 1. The van der Waals surface area contributed by atoms with E-state index in [1.807, 2.05) is 11.0 Å². The molecule has 1 heterocycles. The Morgan fingerprint density at radius 1 is 1.22 bits per heavy atom. The molecule has 3 nitrogen and oxygen atoms in total. The summed E-state index contributed by atoms with van der Waals surface area (Å²) >= 11 is 0. The molecule has 1 aliphatic rings. The second kappa shape index (κ2) is 7.01. The molecule has 0 aromatic heterocycles. The minimum Gasteiger partial charge on any atom is -0.399 e. The van der Waals surface area contributed by atoms with Gasteiger partial charge in [-0.1, -0.05) is 25.1 Å². The molecule has 0 spiro atoms. The van der Waals surface area contributed by atoms with Gasteiger partial charge in [0.2, 0.25) is 0 Å². The molecule has 2 aromatic rings. The highest BCUT2D eigenvalue weighted by Crippen LogP contribution is 2.36. The first kappa shape index (κ1) is 17.3. The van der Waals surface area contributed by atoms with Crippen LogP contribution in [0.25, 0.3) is 0 Å². The van der Waals surface area contributed by atoms with Crippen LogP contribution in [0.2, 0.25) is 0 Å². The van der Waals surface area contributed by atoms with Gasteiger partial charge in [-0.3, -0.25) is 4.79 Å². The third-order valence-electron chi connectivity index (χ3n) is 4.14. The van der Waals surface area contributed by atoms with Gasteiger partial charge >= 0.3 is 0 Å². The van der Waals surface area contributed by atoms with Gasteiger partial charge in [-0.2, -0.15) is 0 Å². The zero-order valence-corrected chi connectivity index (χ0v) is 13.7. The molecule has 2 atom stereocenters. The fourth-order valence-corrected chi connectivity index (χ4v) is 3.14. The summed E-state index contributed by atoms with van der Waals surface area (Å²) in [6.45, 7) is 2.79. The van der Waals surface area contributed by atoms with Crippen molar-refractivity contribution in [3.05, 3.63) is 65.5 Å². The van der Waals surface area contributed by atoms with Gasteiger partial charge in [0.1, 0.15) is 5.82 Å². The zero-order chi connectivity index (χ0) is 15.7. The summed E-state index contributed by atoms with van der Waals surface area (Å²) in [6, 6.07) is 13.4. The smallest absolute Gasteiger partial charge is 0.254 e. The molecule has 2 N–H and O–H groups in total. The number of hydrogen-bond donors (Lipinski definition) is 1. The number of amides is 1. The normalized spacial score (nSPS) is 20.2. The lowest BCUT2D eigenvalue weighted by Crippen LogP contribution is -2.31. The van der Waals surface area contributed by atoms with Crippen LogP contribution in [0.15, 0.2) is 48.5 Å². The van der Waals surface area contributed by atoms with E-state index >= 15 is 0 Å². The van der Waals surface area contributed by atoms with Crippen molar-refractivity contribution < 1.29 is 9.18 Å². The Morgan fingerprint density at radius 3 is 2.65 bits per heavy atom. The van der Waals surface area contributed by atoms with Crippen LogP contribution in [0.4, 0.5) is 10.1 Å². The predicted molar refractivity (Wildman–Crippen MR) is 92.1 cm³/mol.